The van der Waals surface area contributed by atoms with E-state index in [0.29, 0.717) is 33.7 Å². The highest BCUT2D eigenvalue weighted by atomic mass is 16.7. The van der Waals surface area contributed by atoms with E-state index >= 15 is 0 Å². The first-order chi connectivity index (χ1) is 17.5. The van der Waals surface area contributed by atoms with Gasteiger partial charge in [0.1, 0.15) is 0 Å². The van der Waals surface area contributed by atoms with Gasteiger partial charge < -0.3 is 24.3 Å². The molecule has 0 aliphatic carbocycles. The Morgan fingerprint density at radius 2 is 1.53 bits per heavy atom. The van der Waals surface area contributed by atoms with Gasteiger partial charge in [-0.05, 0) is 48.5 Å². The molecule has 0 saturated carbocycles. The average molecular weight is 484 g/mol. The minimum Gasteiger partial charge on any atom is -0.465 e. The lowest BCUT2D eigenvalue weighted by Gasteiger charge is -2.12. The van der Waals surface area contributed by atoms with Crippen molar-refractivity contribution in [2.45, 2.75) is 0 Å². The van der Waals surface area contributed by atoms with E-state index in [0.717, 1.165) is 5.56 Å². The Hall–Kier alpha value is -4.92. The van der Waals surface area contributed by atoms with Crippen LogP contribution < -0.4 is 14.8 Å². The fourth-order valence-corrected chi connectivity index (χ4v) is 3.94. The Morgan fingerprint density at radius 1 is 0.833 bits per heavy atom. The van der Waals surface area contributed by atoms with Crippen LogP contribution in [-0.2, 0) is 9.47 Å². The molecule has 0 bridgehead atoms. The summed E-state index contributed by atoms with van der Waals surface area (Å²) in [4.78, 5) is 42.5. The maximum Gasteiger partial charge on any atom is 0.337 e. The quantitative estimate of drug-likeness (QED) is 0.413. The maximum atomic E-state index is 13.5. The van der Waals surface area contributed by atoms with Crippen LogP contribution in [0, 0.1) is 0 Å². The summed E-state index contributed by atoms with van der Waals surface area (Å²) in [5, 5.41) is 3.42. The number of hydrogen-bond acceptors (Lipinski definition) is 8. The summed E-state index contributed by atoms with van der Waals surface area (Å²) in [5.74, 6) is -0.521. The molecule has 1 aliphatic heterocycles. The molecule has 9 nitrogen and oxygen atoms in total. The fourth-order valence-electron chi connectivity index (χ4n) is 3.94. The zero-order valence-corrected chi connectivity index (χ0v) is 19.4. The number of rotatable bonds is 5. The first kappa shape index (κ1) is 22.9. The maximum absolute atomic E-state index is 13.5. The van der Waals surface area contributed by atoms with Gasteiger partial charge in [-0.15, -0.1) is 0 Å². The van der Waals surface area contributed by atoms with Crippen molar-refractivity contribution < 1.29 is 33.3 Å². The van der Waals surface area contributed by atoms with Gasteiger partial charge in [-0.1, -0.05) is 18.2 Å². The molecule has 0 spiro atoms. The zero-order chi connectivity index (χ0) is 25.2. The molecule has 1 amide bonds. The number of para-hydroxylation sites is 1. The number of aromatic nitrogens is 1. The molecular weight excluding hydrogens is 464 g/mol. The van der Waals surface area contributed by atoms with Crippen molar-refractivity contribution >= 4 is 34.4 Å². The Bertz CT molecular complexity index is 1500. The molecular formula is C27H20N2O7. The number of carbonyl (C=O) groups excluding carboxylic acids is 3. The Labute approximate surface area is 205 Å². The number of amides is 1. The van der Waals surface area contributed by atoms with E-state index in [-0.39, 0.29) is 23.6 Å². The predicted molar refractivity (Wildman–Crippen MR) is 130 cm³/mol. The summed E-state index contributed by atoms with van der Waals surface area (Å²) in [7, 11) is 2.46. The number of nitrogens with zero attached hydrogens (tertiary/aromatic N) is 1. The summed E-state index contributed by atoms with van der Waals surface area (Å²) in [6, 6.07) is 18.6. The molecule has 3 aromatic carbocycles. The zero-order valence-electron chi connectivity index (χ0n) is 19.4. The van der Waals surface area contributed by atoms with Crippen molar-refractivity contribution in [1.82, 2.24) is 4.98 Å². The smallest absolute Gasteiger partial charge is 0.337 e. The van der Waals surface area contributed by atoms with Gasteiger partial charge in [0, 0.05) is 16.6 Å². The van der Waals surface area contributed by atoms with Gasteiger partial charge in [0.15, 0.2) is 11.5 Å². The number of hydrogen-bond donors (Lipinski definition) is 1. The van der Waals surface area contributed by atoms with Crippen LogP contribution in [0.2, 0.25) is 0 Å². The lowest BCUT2D eigenvalue weighted by molar-refractivity contribution is 0.0598. The second-order valence-electron chi connectivity index (χ2n) is 7.88. The van der Waals surface area contributed by atoms with Gasteiger partial charge in [-0.25, -0.2) is 14.6 Å². The first-order valence-electron chi connectivity index (χ1n) is 10.9. The van der Waals surface area contributed by atoms with Crippen LogP contribution in [0.3, 0.4) is 0 Å². The van der Waals surface area contributed by atoms with Crippen LogP contribution >= 0.6 is 0 Å². The molecule has 0 fully saturated rings. The molecule has 9 heteroatoms. The molecule has 36 heavy (non-hydrogen) atoms. The molecule has 0 radical (unpaired) electrons. The highest BCUT2D eigenvalue weighted by Crippen LogP contribution is 2.36. The van der Waals surface area contributed by atoms with Crippen molar-refractivity contribution in [3.63, 3.8) is 0 Å². The molecule has 0 unspecified atom stereocenters. The number of carbonyl (C=O) groups is 3. The molecule has 4 aromatic rings. The third kappa shape index (κ3) is 4.29. The normalized spacial score (nSPS) is 11.7. The van der Waals surface area contributed by atoms with E-state index in [1.807, 2.05) is 30.3 Å². The van der Waals surface area contributed by atoms with Crippen LogP contribution in [0.4, 0.5) is 5.69 Å². The van der Waals surface area contributed by atoms with E-state index < -0.39 is 17.8 Å². The van der Waals surface area contributed by atoms with E-state index in [9.17, 15) is 14.4 Å². The predicted octanol–water partition coefficient (Wildman–Crippen LogP) is 4.46. The topological polar surface area (TPSA) is 113 Å². The van der Waals surface area contributed by atoms with Crippen LogP contribution in [0.25, 0.3) is 22.2 Å². The SMILES string of the molecule is COC(=O)c1cc(NC(=O)c2cc(-c3ccc4c(c3)OCO4)nc3ccccc23)cc(C(=O)OC)c1. The monoisotopic (exact) mass is 484 g/mol. The van der Waals surface area contributed by atoms with Crippen LogP contribution in [-0.4, -0.2) is 43.8 Å². The number of fused-ring (bicyclic) bond motifs is 2. The number of nitrogens with one attached hydrogen (secondary N) is 1. The van der Waals surface area contributed by atoms with Gasteiger partial charge in [-0.2, -0.15) is 0 Å². The molecule has 1 N–H and O–H groups in total. The lowest BCUT2D eigenvalue weighted by Crippen LogP contribution is -2.15. The second kappa shape index (κ2) is 9.38. The van der Waals surface area contributed by atoms with E-state index in [1.54, 1.807) is 18.2 Å². The first-order valence-corrected chi connectivity index (χ1v) is 10.9. The average Bonchev–Trinajstić information content (AvgIpc) is 3.39. The number of benzene rings is 3. The molecule has 1 aliphatic rings. The fraction of sp³-hybridized carbons (Fsp3) is 0.111. The molecule has 1 aromatic heterocycles. The van der Waals surface area contributed by atoms with Crippen molar-refractivity contribution in [3.8, 4) is 22.8 Å². The van der Waals surface area contributed by atoms with Gasteiger partial charge in [-0.3, -0.25) is 4.79 Å². The summed E-state index contributed by atoms with van der Waals surface area (Å²) in [6.45, 7) is 0.149. The van der Waals surface area contributed by atoms with Crippen molar-refractivity contribution in [2.24, 2.45) is 0 Å². The largest absolute Gasteiger partial charge is 0.465 e. The summed E-state index contributed by atoms with van der Waals surface area (Å²) < 4.78 is 20.4. The number of esters is 2. The summed E-state index contributed by atoms with van der Waals surface area (Å²) in [5.41, 5.74) is 2.71. The number of pyridine rings is 1. The highest BCUT2D eigenvalue weighted by Gasteiger charge is 2.19. The summed E-state index contributed by atoms with van der Waals surface area (Å²) >= 11 is 0. The van der Waals surface area contributed by atoms with Gasteiger partial charge in [0.2, 0.25) is 6.79 Å². The standard InChI is InChI=1S/C27H20N2O7/c1-33-26(31)16-9-17(27(32)34-2)11-18(10-16)28-25(30)20-13-22(29-21-6-4-3-5-19(20)21)15-7-8-23-24(12-15)36-14-35-23/h3-13H,14H2,1-2H3,(H,28,30). The number of anilines is 1. The van der Waals surface area contributed by atoms with Crippen molar-refractivity contribution in [1.29, 1.82) is 0 Å². The Kier molecular flexibility index (Phi) is 5.95. The van der Waals surface area contributed by atoms with Gasteiger partial charge in [0.25, 0.3) is 5.91 Å². The lowest BCUT2D eigenvalue weighted by atomic mass is 10.0. The molecule has 2 heterocycles. The Morgan fingerprint density at radius 3 is 2.25 bits per heavy atom. The third-order valence-electron chi connectivity index (χ3n) is 5.66. The van der Waals surface area contributed by atoms with E-state index in [4.69, 9.17) is 23.9 Å². The van der Waals surface area contributed by atoms with Crippen molar-refractivity contribution in [3.05, 3.63) is 83.4 Å². The molecule has 0 saturated heterocycles. The van der Waals surface area contributed by atoms with Gasteiger partial charge in [0.05, 0.1) is 42.1 Å². The van der Waals surface area contributed by atoms with Crippen LogP contribution in [0.1, 0.15) is 31.1 Å². The Balaban J connectivity index is 1.56. The number of methoxy groups -OCH3 is 2. The second-order valence-corrected chi connectivity index (χ2v) is 7.88. The highest BCUT2D eigenvalue weighted by molar-refractivity contribution is 6.13. The molecule has 180 valence electrons. The third-order valence-corrected chi connectivity index (χ3v) is 5.66. The van der Waals surface area contributed by atoms with Crippen molar-refractivity contribution in [2.75, 3.05) is 26.3 Å². The molecule has 0 atom stereocenters. The summed E-state index contributed by atoms with van der Waals surface area (Å²) in [6.07, 6.45) is 0. The van der Waals surface area contributed by atoms with E-state index in [2.05, 4.69) is 5.32 Å². The minimum absolute atomic E-state index is 0.0938. The van der Waals surface area contributed by atoms with Gasteiger partial charge >= 0.3 is 11.9 Å². The minimum atomic E-state index is -0.657. The van der Waals surface area contributed by atoms with Crippen LogP contribution in [0.5, 0.6) is 11.5 Å². The van der Waals surface area contributed by atoms with Crippen LogP contribution in [0.15, 0.2) is 66.7 Å². The van der Waals surface area contributed by atoms with E-state index in [1.165, 1.54) is 32.4 Å². The number of ether oxygens (including phenoxy) is 4. The molecule has 5 rings (SSSR count).